The van der Waals surface area contributed by atoms with E-state index in [0.29, 0.717) is 5.84 Å². The minimum atomic E-state index is -1.37. The highest BCUT2D eigenvalue weighted by atomic mass is 28.3. The summed E-state index contributed by atoms with van der Waals surface area (Å²) in [5, 5.41) is 3.28. The number of nitrogens with two attached hydrogens (primary N) is 1. The molecule has 0 amide bonds. The van der Waals surface area contributed by atoms with Gasteiger partial charge in [0.2, 0.25) is 0 Å². The molecule has 0 spiro atoms. The van der Waals surface area contributed by atoms with Gasteiger partial charge in [0.1, 0.15) is 13.9 Å². The number of benzene rings is 1. The van der Waals surface area contributed by atoms with Gasteiger partial charge in [-0.25, -0.2) is 4.99 Å². The van der Waals surface area contributed by atoms with Gasteiger partial charge in [-0.1, -0.05) is 37.7 Å². The zero-order chi connectivity index (χ0) is 12.5. The predicted octanol–water partition coefficient (Wildman–Crippen LogP) is 2.02. The normalized spacial score (nSPS) is 18.3. The van der Waals surface area contributed by atoms with Crippen LogP contribution in [0.2, 0.25) is 19.6 Å². The van der Waals surface area contributed by atoms with Crippen molar-refractivity contribution in [3.05, 3.63) is 29.8 Å². The van der Waals surface area contributed by atoms with Crippen molar-refractivity contribution in [3.8, 4) is 11.5 Å². The minimum Gasteiger partial charge on any atom is -0.383 e. The molecule has 1 unspecified atom stereocenters. The fourth-order valence-corrected chi connectivity index (χ4v) is 2.14. The first kappa shape index (κ1) is 11.7. The Morgan fingerprint density at radius 2 is 2.00 bits per heavy atom. The number of fused-ring (bicyclic) bond motifs is 1. The maximum atomic E-state index is 5.93. The molecule has 1 aromatic rings. The molecule has 1 atom stereocenters. The quantitative estimate of drug-likeness (QED) is 0.541. The second kappa shape index (κ2) is 4.26. The second-order valence-electron chi connectivity index (χ2n) is 5.13. The van der Waals surface area contributed by atoms with Gasteiger partial charge in [-0.05, 0) is 12.1 Å². The molecule has 17 heavy (non-hydrogen) atoms. The maximum absolute atomic E-state index is 5.93. The van der Waals surface area contributed by atoms with Crippen molar-refractivity contribution in [1.82, 2.24) is 0 Å². The van der Waals surface area contributed by atoms with E-state index in [-0.39, 0.29) is 6.17 Å². The van der Waals surface area contributed by atoms with Crippen LogP contribution in [0.25, 0.3) is 0 Å². The zero-order valence-electron chi connectivity index (χ0n) is 10.4. The Bertz CT molecular complexity index is 517. The van der Waals surface area contributed by atoms with Gasteiger partial charge in [0.25, 0.3) is 0 Å². The molecular formula is C13H17N3Si. The van der Waals surface area contributed by atoms with E-state index in [9.17, 15) is 0 Å². The van der Waals surface area contributed by atoms with E-state index in [1.807, 2.05) is 24.3 Å². The zero-order valence-corrected chi connectivity index (χ0v) is 11.4. The molecule has 1 aromatic carbocycles. The number of rotatable bonds is 0. The van der Waals surface area contributed by atoms with Crippen LogP contribution in [0.4, 0.5) is 5.69 Å². The maximum Gasteiger partial charge on any atom is 0.183 e. The largest absolute Gasteiger partial charge is 0.383 e. The number of hydrogen-bond acceptors (Lipinski definition) is 3. The number of anilines is 1. The van der Waals surface area contributed by atoms with Crippen LogP contribution in [0.3, 0.4) is 0 Å². The van der Waals surface area contributed by atoms with Crippen molar-refractivity contribution in [2.75, 3.05) is 5.32 Å². The minimum absolute atomic E-state index is 0.211. The monoisotopic (exact) mass is 243 g/mol. The van der Waals surface area contributed by atoms with Crippen LogP contribution in [0.15, 0.2) is 29.3 Å². The molecule has 2 rings (SSSR count). The molecule has 1 aliphatic heterocycles. The Labute approximate surface area is 103 Å². The summed E-state index contributed by atoms with van der Waals surface area (Å²) in [4.78, 5) is 4.36. The lowest BCUT2D eigenvalue weighted by Gasteiger charge is -2.20. The molecule has 0 aromatic heterocycles. The molecule has 1 heterocycles. The van der Waals surface area contributed by atoms with Crippen molar-refractivity contribution >= 4 is 19.6 Å². The summed E-state index contributed by atoms with van der Waals surface area (Å²) in [5.41, 5.74) is 11.2. The van der Waals surface area contributed by atoms with Gasteiger partial charge in [0.05, 0.1) is 0 Å². The van der Waals surface area contributed by atoms with Gasteiger partial charge in [0.15, 0.2) is 6.17 Å². The number of aliphatic imine (C=N–C) groups is 1. The smallest absolute Gasteiger partial charge is 0.183 e. The van der Waals surface area contributed by atoms with Gasteiger partial charge < -0.3 is 11.1 Å². The van der Waals surface area contributed by atoms with Crippen molar-refractivity contribution < 1.29 is 0 Å². The third kappa shape index (κ3) is 2.89. The highest BCUT2D eigenvalue weighted by Crippen LogP contribution is 2.20. The lowest BCUT2D eigenvalue weighted by molar-refractivity contribution is 0.955. The van der Waals surface area contributed by atoms with E-state index in [0.717, 1.165) is 11.3 Å². The number of amidine groups is 1. The summed E-state index contributed by atoms with van der Waals surface area (Å²) in [5.74, 6) is 3.73. The highest BCUT2D eigenvalue weighted by Gasteiger charge is 2.16. The Morgan fingerprint density at radius 1 is 1.29 bits per heavy atom. The summed E-state index contributed by atoms with van der Waals surface area (Å²) in [6.07, 6.45) is -0.211. The summed E-state index contributed by atoms with van der Waals surface area (Å²) in [6, 6.07) is 7.90. The van der Waals surface area contributed by atoms with E-state index in [2.05, 4.69) is 41.4 Å². The second-order valence-corrected chi connectivity index (χ2v) is 9.88. The van der Waals surface area contributed by atoms with Crippen molar-refractivity contribution in [2.24, 2.45) is 10.7 Å². The van der Waals surface area contributed by atoms with Crippen LogP contribution in [-0.2, 0) is 0 Å². The first-order valence-electron chi connectivity index (χ1n) is 5.68. The Hall–Kier alpha value is -1.73. The molecule has 3 nitrogen and oxygen atoms in total. The average molecular weight is 243 g/mol. The van der Waals surface area contributed by atoms with Crippen LogP contribution in [0.1, 0.15) is 5.56 Å². The number of hydrogen-bond donors (Lipinski definition) is 2. The van der Waals surface area contributed by atoms with Crippen LogP contribution >= 0.6 is 0 Å². The van der Waals surface area contributed by atoms with E-state index in [1.54, 1.807) is 0 Å². The molecule has 0 fully saturated rings. The summed E-state index contributed by atoms with van der Waals surface area (Å²) in [6.45, 7) is 6.64. The molecule has 0 saturated heterocycles. The molecule has 0 aliphatic carbocycles. The van der Waals surface area contributed by atoms with E-state index >= 15 is 0 Å². The summed E-state index contributed by atoms with van der Waals surface area (Å²) >= 11 is 0. The van der Waals surface area contributed by atoms with E-state index in [4.69, 9.17) is 5.73 Å². The first-order valence-corrected chi connectivity index (χ1v) is 9.18. The number of nitrogens with zero attached hydrogens (tertiary/aromatic N) is 1. The third-order valence-corrected chi connectivity index (χ3v) is 3.24. The molecule has 3 N–H and O–H groups in total. The molecule has 0 saturated carbocycles. The fraction of sp³-hybridized carbons (Fsp3) is 0.308. The Kier molecular flexibility index (Phi) is 2.95. The lowest BCUT2D eigenvalue weighted by Crippen LogP contribution is -2.29. The van der Waals surface area contributed by atoms with Crippen LogP contribution in [0, 0.1) is 11.5 Å². The van der Waals surface area contributed by atoms with Crippen molar-refractivity contribution in [3.63, 3.8) is 0 Å². The average Bonchev–Trinajstić information content (AvgIpc) is 2.26. The fourth-order valence-electron chi connectivity index (χ4n) is 1.57. The molecular weight excluding hydrogens is 226 g/mol. The van der Waals surface area contributed by atoms with Crippen molar-refractivity contribution in [2.45, 2.75) is 25.8 Å². The predicted molar refractivity (Wildman–Crippen MR) is 75.7 cm³/mol. The third-order valence-electron chi connectivity index (χ3n) is 2.35. The molecule has 0 bridgehead atoms. The van der Waals surface area contributed by atoms with E-state index < -0.39 is 8.07 Å². The summed E-state index contributed by atoms with van der Waals surface area (Å²) < 4.78 is 0. The Morgan fingerprint density at radius 3 is 2.71 bits per heavy atom. The number of nitrogens with one attached hydrogen (secondary N) is 1. The van der Waals surface area contributed by atoms with Gasteiger partial charge in [-0.3, -0.25) is 0 Å². The molecule has 0 radical (unpaired) electrons. The molecule has 1 aliphatic rings. The van der Waals surface area contributed by atoms with Gasteiger partial charge in [0, 0.05) is 11.3 Å². The topological polar surface area (TPSA) is 50.4 Å². The van der Waals surface area contributed by atoms with Crippen LogP contribution in [0.5, 0.6) is 0 Å². The van der Waals surface area contributed by atoms with Crippen LogP contribution < -0.4 is 11.1 Å². The lowest BCUT2D eigenvalue weighted by atomic mass is 10.1. The van der Waals surface area contributed by atoms with Gasteiger partial charge in [-0.2, -0.15) is 0 Å². The highest BCUT2D eigenvalue weighted by molar-refractivity contribution is 6.83. The van der Waals surface area contributed by atoms with Crippen molar-refractivity contribution in [1.29, 1.82) is 0 Å². The standard InChI is InChI=1S/C13H17N3Si/c1-17(2,3)9-8-12-15-11-7-5-4-6-10(11)13(14)16-12/h4-7,12,15H,1-3H3,(H2,14,16). The summed E-state index contributed by atoms with van der Waals surface area (Å²) in [7, 11) is -1.37. The SMILES string of the molecule is C[Si](C)(C)C#CC1N=C(N)c2ccccc2N1. The Balaban J connectivity index is 2.27. The molecule has 88 valence electrons. The first-order chi connectivity index (χ1) is 7.96. The molecule has 4 heteroatoms. The number of para-hydroxylation sites is 1. The van der Waals surface area contributed by atoms with Gasteiger partial charge >= 0.3 is 0 Å². The van der Waals surface area contributed by atoms with Crippen LogP contribution in [-0.4, -0.2) is 20.1 Å². The van der Waals surface area contributed by atoms with Gasteiger partial charge in [-0.15, -0.1) is 5.54 Å². The van der Waals surface area contributed by atoms with E-state index in [1.165, 1.54) is 0 Å².